The zero-order valence-corrected chi connectivity index (χ0v) is 15.3. The van der Waals surface area contributed by atoms with Gasteiger partial charge in [-0.25, -0.2) is 4.79 Å². The minimum atomic E-state index is -1.07. The number of carbonyl (C=O) groups excluding carboxylic acids is 2. The Hall–Kier alpha value is -2.43. The fourth-order valence-electron chi connectivity index (χ4n) is 2.91. The van der Waals surface area contributed by atoms with Crippen molar-refractivity contribution in [2.75, 3.05) is 39.4 Å². The second-order valence-electron chi connectivity index (χ2n) is 5.92. The molecule has 0 aromatic heterocycles. The first-order valence-corrected chi connectivity index (χ1v) is 8.64. The summed E-state index contributed by atoms with van der Waals surface area (Å²) in [6.07, 6.45) is 1.60. The van der Waals surface area contributed by atoms with E-state index in [-0.39, 0.29) is 44.2 Å². The molecular weight excluding hydrogens is 360 g/mol. The molecule has 0 bridgehead atoms. The molecule has 27 heavy (non-hydrogen) atoms. The van der Waals surface area contributed by atoms with E-state index in [1.807, 2.05) is 0 Å². The summed E-state index contributed by atoms with van der Waals surface area (Å²) in [6.45, 7) is 3.41. The van der Waals surface area contributed by atoms with Crippen LogP contribution in [0.3, 0.4) is 0 Å². The molecule has 2 aliphatic rings. The number of aliphatic hydroxyl groups is 1. The maximum Gasteiger partial charge on any atom is 0.341 e. The van der Waals surface area contributed by atoms with E-state index in [0.29, 0.717) is 6.54 Å². The van der Waals surface area contributed by atoms with E-state index >= 15 is 0 Å². The Labute approximate surface area is 156 Å². The van der Waals surface area contributed by atoms with E-state index in [9.17, 15) is 19.5 Å². The van der Waals surface area contributed by atoms with Crippen molar-refractivity contribution in [1.82, 2.24) is 9.80 Å². The SMILES string of the molecule is CCOC(=O)CN1CC(O)=C(C(=O)OCC)C1OC1C=CCN1CC(=O)O. The number of nitrogens with zero attached hydrogens (tertiary/aromatic N) is 2. The second-order valence-corrected chi connectivity index (χ2v) is 5.92. The van der Waals surface area contributed by atoms with Crippen LogP contribution in [0.2, 0.25) is 0 Å². The van der Waals surface area contributed by atoms with E-state index in [2.05, 4.69) is 0 Å². The Bertz CT molecular complexity index is 645. The van der Waals surface area contributed by atoms with Crippen LogP contribution in [0.15, 0.2) is 23.5 Å². The number of carbonyl (C=O) groups is 3. The Morgan fingerprint density at radius 1 is 1.15 bits per heavy atom. The van der Waals surface area contributed by atoms with Crippen LogP contribution in [-0.4, -0.2) is 89.8 Å². The first-order valence-electron chi connectivity index (χ1n) is 8.64. The minimum Gasteiger partial charge on any atom is -0.510 e. The van der Waals surface area contributed by atoms with Crippen LogP contribution in [0.4, 0.5) is 0 Å². The second kappa shape index (κ2) is 9.49. The minimum absolute atomic E-state index is 0.0903. The molecule has 2 unspecified atom stereocenters. The van der Waals surface area contributed by atoms with Gasteiger partial charge >= 0.3 is 17.9 Å². The number of rotatable bonds is 9. The van der Waals surface area contributed by atoms with Crippen LogP contribution in [-0.2, 0) is 28.6 Å². The zero-order valence-electron chi connectivity index (χ0n) is 15.3. The molecule has 0 saturated heterocycles. The van der Waals surface area contributed by atoms with Crippen LogP contribution in [0.5, 0.6) is 0 Å². The van der Waals surface area contributed by atoms with Gasteiger partial charge in [-0.3, -0.25) is 19.4 Å². The highest BCUT2D eigenvalue weighted by atomic mass is 16.6. The molecule has 0 aliphatic carbocycles. The number of carboxylic acids is 1. The van der Waals surface area contributed by atoms with Gasteiger partial charge in [-0.1, -0.05) is 6.08 Å². The molecule has 0 saturated carbocycles. The fourth-order valence-corrected chi connectivity index (χ4v) is 2.91. The molecule has 2 rings (SSSR count). The van der Waals surface area contributed by atoms with Crippen LogP contribution in [0.1, 0.15) is 13.8 Å². The van der Waals surface area contributed by atoms with Gasteiger partial charge in [-0.05, 0) is 19.9 Å². The molecule has 0 fully saturated rings. The van der Waals surface area contributed by atoms with Gasteiger partial charge in [0.25, 0.3) is 0 Å². The number of aliphatic hydroxyl groups excluding tert-OH is 1. The quantitative estimate of drug-likeness (QED) is 0.410. The van der Waals surface area contributed by atoms with E-state index in [1.165, 1.54) is 9.80 Å². The summed E-state index contributed by atoms with van der Waals surface area (Å²) in [6, 6.07) is 0. The fraction of sp³-hybridized carbons (Fsp3) is 0.588. The average molecular weight is 384 g/mol. The summed E-state index contributed by atoms with van der Waals surface area (Å²) in [4.78, 5) is 38.1. The summed E-state index contributed by atoms with van der Waals surface area (Å²) < 4.78 is 15.8. The smallest absolute Gasteiger partial charge is 0.341 e. The third-order valence-electron chi connectivity index (χ3n) is 3.98. The van der Waals surface area contributed by atoms with E-state index in [4.69, 9.17) is 19.3 Å². The first kappa shape index (κ1) is 20.9. The lowest BCUT2D eigenvalue weighted by Crippen LogP contribution is -2.46. The molecular formula is C17H24N2O8. The normalized spacial score (nSPS) is 23.0. The van der Waals surface area contributed by atoms with Gasteiger partial charge in [0.05, 0.1) is 32.8 Å². The molecule has 0 amide bonds. The van der Waals surface area contributed by atoms with Gasteiger partial charge in [0.2, 0.25) is 0 Å². The highest BCUT2D eigenvalue weighted by Crippen LogP contribution is 2.28. The summed E-state index contributed by atoms with van der Waals surface area (Å²) in [5.74, 6) is -2.56. The third kappa shape index (κ3) is 5.28. The van der Waals surface area contributed by atoms with Gasteiger partial charge in [0, 0.05) is 6.54 Å². The Morgan fingerprint density at radius 3 is 2.48 bits per heavy atom. The predicted octanol–water partition coefficient (Wildman–Crippen LogP) is -0.134. The van der Waals surface area contributed by atoms with E-state index < -0.39 is 30.4 Å². The van der Waals surface area contributed by atoms with Crippen molar-refractivity contribution in [2.24, 2.45) is 0 Å². The molecule has 2 heterocycles. The van der Waals surface area contributed by atoms with Gasteiger partial charge in [-0.2, -0.15) is 0 Å². The Kier molecular flexibility index (Phi) is 7.34. The molecule has 2 N–H and O–H groups in total. The van der Waals surface area contributed by atoms with Crippen molar-refractivity contribution in [3.8, 4) is 0 Å². The lowest BCUT2D eigenvalue weighted by atomic mass is 10.2. The number of ether oxygens (including phenoxy) is 3. The summed E-state index contributed by atoms with van der Waals surface area (Å²) in [7, 11) is 0. The molecule has 150 valence electrons. The lowest BCUT2D eigenvalue weighted by Gasteiger charge is -2.30. The lowest BCUT2D eigenvalue weighted by molar-refractivity contribution is -0.157. The van der Waals surface area contributed by atoms with Crippen LogP contribution in [0.25, 0.3) is 0 Å². The highest BCUT2D eigenvalue weighted by molar-refractivity contribution is 5.91. The van der Waals surface area contributed by atoms with Crippen molar-refractivity contribution in [2.45, 2.75) is 26.3 Å². The number of hydrogen-bond donors (Lipinski definition) is 2. The largest absolute Gasteiger partial charge is 0.510 e. The maximum atomic E-state index is 12.3. The summed E-state index contributed by atoms with van der Waals surface area (Å²) in [5.41, 5.74) is -0.100. The molecule has 10 nitrogen and oxygen atoms in total. The van der Waals surface area contributed by atoms with Gasteiger partial charge in [-0.15, -0.1) is 0 Å². The molecule has 0 spiro atoms. The topological polar surface area (TPSA) is 126 Å². The molecule has 0 aromatic carbocycles. The molecule has 10 heteroatoms. The van der Waals surface area contributed by atoms with Crippen molar-refractivity contribution in [1.29, 1.82) is 0 Å². The molecule has 2 aliphatic heterocycles. The van der Waals surface area contributed by atoms with Gasteiger partial charge in [0.1, 0.15) is 17.6 Å². The molecule has 0 radical (unpaired) electrons. The van der Waals surface area contributed by atoms with Crippen molar-refractivity contribution < 1.29 is 38.8 Å². The molecule has 2 atom stereocenters. The van der Waals surface area contributed by atoms with E-state index in [1.54, 1.807) is 26.0 Å². The van der Waals surface area contributed by atoms with Crippen LogP contribution in [0, 0.1) is 0 Å². The number of carboxylic acid groups (broad SMARTS) is 1. The maximum absolute atomic E-state index is 12.3. The van der Waals surface area contributed by atoms with E-state index in [0.717, 1.165) is 0 Å². The van der Waals surface area contributed by atoms with Gasteiger partial charge < -0.3 is 24.4 Å². The Morgan fingerprint density at radius 2 is 1.85 bits per heavy atom. The van der Waals surface area contributed by atoms with Crippen molar-refractivity contribution in [3.05, 3.63) is 23.5 Å². The summed E-state index contributed by atoms with van der Waals surface area (Å²) in [5, 5.41) is 19.2. The van der Waals surface area contributed by atoms with Crippen LogP contribution >= 0.6 is 0 Å². The predicted molar refractivity (Wildman–Crippen MR) is 91.5 cm³/mol. The zero-order chi connectivity index (χ0) is 20.0. The highest BCUT2D eigenvalue weighted by Gasteiger charge is 2.42. The van der Waals surface area contributed by atoms with Crippen LogP contribution < -0.4 is 0 Å². The number of esters is 2. The number of aliphatic carboxylic acids is 1. The Balaban J connectivity index is 2.20. The first-order chi connectivity index (χ1) is 12.9. The number of hydrogen-bond acceptors (Lipinski definition) is 9. The monoisotopic (exact) mass is 384 g/mol. The average Bonchev–Trinajstić information content (AvgIpc) is 3.12. The van der Waals surface area contributed by atoms with Crippen molar-refractivity contribution in [3.63, 3.8) is 0 Å². The summed E-state index contributed by atoms with van der Waals surface area (Å²) >= 11 is 0. The standard InChI is InChI=1S/C17H24N2O8/c1-3-25-14(23)10-19-8-11(20)15(17(24)26-4-2)16(19)27-12-6-5-7-18(12)9-13(21)22/h5-6,12,16,20H,3-4,7-10H2,1-2H3,(H,21,22). The molecule has 0 aromatic rings. The van der Waals surface area contributed by atoms with Crippen molar-refractivity contribution >= 4 is 17.9 Å². The third-order valence-corrected chi connectivity index (χ3v) is 3.98. The van der Waals surface area contributed by atoms with Gasteiger partial charge in [0.15, 0.2) is 6.23 Å².